The van der Waals surface area contributed by atoms with Crippen LogP contribution in [-0.2, 0) is 4.79 Å². The normalized spacial score (nSPS) is 18.9. The molecular weight excluding hydrogens is 248 g/mol. The van der Waals surface area contributed by atoms with E-state index in [9.17, 15) is 9.59 Å². The lowest BCUT2D eigenvalue weighted by molar-refractivity contribution is -0.141. The number of hydrogen-bond donors (Lipinski definition) is 1. The fourth-order valence-corrected chi connectivity index (χ4v) is 2.42. The lowest BCUT2D eigenvalue weighted by atomic mass is 10.2. The van der Waals surface area contributed by atoms with Gasteiger partial charge in [-0.3, -0.25) is 4.79 Å². The van der Waals surface area contributed by atoms with E-state index in [2.05, 4.69) is 10.2 Å². The summed E-state index contributed by atoms with van der Waals surface area (Å²) in [4.78, 5) is 24.9. The highest BCUT2D eigenvalue weighted by atomic mass is 16.4. The highest BCUT2D eigenvalue weighted by molar-refractivity contribution is 6.02. The Labute approximate surface area is 108 Å². The summed E-state index contributed by atoms with van der Waals surface area (Å²) in [5.74, 6) is -1.26. The Hall–Kier alpha value is -2.44. The maximum atomic E-state index is 12.4. The van der Waals surface area contributed by atoms with Gasteiger partial charge in [-0.1, -0.05) is 0 Å². The van der Waals surface area contributed by atoms with E-state index in [0.29, 0.717) is 30.5 Å². The minimum Gasteiger partial charge on any atom is -0.480 e. The number of amides is 1. The van der Waals surface area contributed by atoms with Crippen LogP contribution < -0.4 is 0 Å². The second-order valence-electron chi connectivity index (χ2n) is 4.45. The molecule has 0 aliphatic carbocycles. The minimum absolute atomic E-state index is 0.298. The van der Waals surface area contributed by atoms with Crippen molar-refractivity contribution in [2.24, 2.45) is 0 Å². The first-order valence-corrected chi connectivity index (χ1v) is 6.01. The molecule has 1 aliphatic heterocycles. The fraction of sp³-hybridized carbons (Fsp3) is 0.333. The number of aromatic nitrogens is 3. The second-order valence-corrected chi connectivity index (χ2v) is 4.45. The molecule has 0 spiro atoms. The van der Waals surface area contributed by atoms with Crippen molar-refractivity contribution in [3.05, 3.63) is 30.1 Å². The van der Waals surface area contributed by atoms with E-state index >= 15 is 0 Å². The van der Waals surface area contributed by atoms with Gasteiger partial charge in [-0.25, -0.2) is 4.79 Å². The van der Waals surface area contributed by atoms with E-state index in [4.69, 9.17) is 5.11 Å². The first-order valence-electron chi connectivity index (χ1n) is 6.01. The number of fused-ring (bicyclic) bond motifs is 1. The molecule has 1 atom stereocenters. The largest absolute Gasteiger partial charge is 0.480 e. The van der Waals surface area contributed by atoms with Gasteiger partial charge in [0.05, 0.1) is 11.8 Å². The van der Waals surface area contributed by atoms with Gasteiger partial charge in [0.2, 0.25) is 0 Å². The topological polar surface area (TPSA) is 87.8 Å². The molecule has 1 N–H and O–H groups in total. The Morgan fingerprint density at radius 3 is 3.00 bits per heavy atom. The summed E-state index contributed by atoms with van der Waals surface area (Å²) in [6.07, 6.45) is 4.21. The van der Waals surface area contributed by atoms with Gasteiger partial charge in [0.25, 0.3) is 5.91 Å². The van der Waals surface area contributed by atoms with Crippen LogP contribution in [0.2, 0.25) is 0 Å². The van der Waals surface area contributed by atoms with E-state index in [0.717, 1.165) is 0 Å². The number of carboxylic acid groups (broad SMARTS) is 1. The summed E-state index contributed by atoms with van der Waals surface area (Å²) in [6.45, 7) is 0.466. The third-order valence-electron chi connectivity index (χ3n) is 3.33. The van der Waals surface area contributed by atoms with Gasteiger partial charge in [0, 0.05) is 12.7 Å². The quantitative estimate of drug-likeness (QED) is 0.845. The van der Waals surface area contributed by atoms with Gasteiger partial charge in [-0.05, 0) is 25.0 Å². The van der Waals surface area contributed by atoms with Crippen molar-refractivity contribution in [2.45, 2.75) is 18.9 Å². The van der Waals surface area contributed by atoms with Crippen molar-refractivity contribution in [3.8, 4) is 0 Å². The lowest BCUT2D eigenvalue weighted by Gasteiger charge is -2.20. The fourth-order valence-electron chi connectivity index (χ4n) is 2.42. The Bertz CT molecular complexity index is 651. The first kappa shape index (κ1) is 11.6. The van der Waals surface area contributed by atoms with Gasteiger partial charge in [-0.15, -0.1) is 0 Å². The van der Waals surface area contributed by atoms with E-state index in [1.165, 1.54) is 15.7 Å². The van der Waals surface area contributed by atoms with Crippen LogP contribution in [0.4, 0.5) is 0 Å². The number of nitrogens with zero attached hydrogens (tertiary/aromatic N) is 4. The molecule has 7 heteroatoms. The standard InChI is InChI=1S/C12H12N4O3/c17-11(15-6-2-4-10(15)12(18)19)8-7-14-16-9(8)3-1-5-13-16/h1,3,5,7,10H,2,4,6H2,(H,18,19)/t10-/m1/s1. The van der Waals surface area contributed by atoms with Crippen LogP contribution in [0.25, 0.3) is 5.52 Å². The van der Waals surface area contributed by atoms with Gasteiger partial charge < -0.3 is 10.0 Å². The summed E-state index contributed by atoms with van der Waals surface area (Å²) in [5.41, 5.74) is 0.977. The molecule has 2 aromatic rings. The van der Waals surface area contributed by atoms with E-state index in [-0.39, 0.29) is 5.91 Å². The predicted octanol–water partition coefficient (Wildman–Crippen LogP) is 0.418. The maximum Gasteiger partial charge on any atom is 0.326 e. The second kappa shape index (κ2) is 4.34. The van der Waals surface area contributed by atoms with Crippen LogP contribution in [0.15, 0.2) is 24.5 Å². The minimum atomic E-state index is -0.958. The molecule has 3 rings (SSSR count). The molecular formula is C12H12N4O3. The van der Waals surface area contributed by atoms with Crippen LogP contribution in [0.5, 0.6) is 0 Å². The zero-order valence-corrected chi connectivity index (χ0v) is 10.1. The van der Waals surface area contributed by atoms with Crippen LogP contribution in [0.3, 0.4) is 0 Å². The first-order chi connectivity index (χ1) is 9.18. The number of aliphatic carboxylic acids is 1. The molecule has 0 saturated carbocycles. The molecule has 7 nitrogen and oxygen atoms in total. The number of likely N-dealkylation sites (tertiary alicyclic amines) is 1. The summed E-state index contributed by atoms with van der Waals surface area (Å²) >= 11 is 0. The summed E-state index contributed by atoms with van der Waals surface area (Å²) < 4.78 is 1.36. The van der Waals surface area contributed by atoms with Crippen molar-refractivity contribution in [3.63, 3.8) is 0 Å². The molecule has 3 heterocycles. The zero-order chi connectivity index (χ0) is 13.4. The van der Waals surface area contributed by atoms with Crippen molar-refractivity contribution in [2.75, 3.05) is 6.54 Å². The Morgan fingerprint density at radius 2 is 2.21 bits per heavy atom. The van der Waals surface area contributed by atoms with Crippen molar-refractivity contribution in [1.82, 2.24) is 19.7 Å². The van der Waals surface area contributed by atoms with E-state index in [1.807, 2.05) is 0 Å². The summed E-state index contributed by atoms with van der Waals surface area (Å²) in [7, 11) is 0. The molecule has 0 unspecified atom stereocenters. The highest BCUT2D eigenvalue weighted by Crippen LogP contribution is 2.21. The molecule has 0 radical (unpaired) electrons. The third kappa shape index (κ3) is 1.83. The average Bonchev–Trinajstić information content (AvgIpc) is 3.05. The van der Waals surface area contributed by atoms with Gasteiger partial charge in [0.1, 0.15) is 11.6 Å². The van der Waals surface area contributed by atoms with E-state index in [1.54, 1.807) is 18.3 Å². The van der Waals surface area contributed by atoms with Crippen LogP contribution in [0, 0.1) is 0 Å². The monoisotopic (exact) mass is 260 g/mol. The third-order valence-corrected chi connectivity index (χ3v) is 3.33. The molecule has 2 aromatic heterocycles. The molecule has 1 aliphatic rings. The van der Waals surface area contributed by atoms with Crippen LogP contribution in [-0.4, -0.2) is 49.3 Å². The maximum absolute atomic E-state index is 12.4. The molecule has 98 valence electrons. The van der Waals surface area contributed by atoms with Gasteiger partial charge >= 0.3 is 5.97 Å². The molecule has 1 fully saturated rings. The number of hydrogen-bond acceptors (Lipinski definition) is 4. The molecule has 1 saturated heterocycles. The SMILES string of the molecule is O=C(O)[C@H]1CCCN1C(=O)c1cnn2ncccc12. The number of rotatable bonds is 2. The molecule has 0 aromatic carbocycles. The van der Waals surface area contributed by atoms with E-state index < -0.39 is 12.0 Å². The van der Waals surface area contributed by atoms with Gasteiger partial charge in [-0.2, -0.15) is 14.8 Å². The van der Waals surface area contributed by atoms with Crippen molar-refractivity contribution in [1.29, 1.82) is 0 Å². The average molecular weight is 260 g/mol. The Balaban J connectivity index is 1.98. The molecule has 19 heavy (non-hydrogen) atoms. The predicted molar refractivity (Wildman–Crippen MR) is 64.7 cm³/mol. The zero-order valence-electron chi connectivity index (χ0n) is 10.1. The molecule has 0 bridgehead atoms. The number of carbonyl (C=O) groups is 2. The number of carboxylic acids is 1. The van der Waals surface area contributed by atoms with Gasteiger partial charge in [0.15, 0.2) is 0 Å². The van der Waals surface area contributed by atoms with Crippen molar-refractivity contribution < 1.29 is 14.7 Å². The lowest BCUT2D eigenvalue weighted by Crippen LogP contribution is -2.40. The van der Waals surface area contributed by atoms with Crippen molar-refractivity contribution >= 4 is 17.4 Å². The van der Waals surface area contributed by atoms with Crippen LogP contribution >= 0.6 is 0 Å². The number of carbonyl (C=O) groups excluding carboxylic acids is 1. The summed E-state index contributed by atoms with van der Waals surface area (Å²) in [6, 6.07) is 2.71. The van der Waals surface area contributed by atoms with Crippen LogP contribution in [0.1, 0.15) is 23.2 Å². The highest BCUT2D eigenvalue weighted by Gasteiger charge is 2.35. The Morgan fingerprint density at radius 1 is 1.37 bits per heavy atom. The summed E-state index contributed by atoms with van der Waals surface area (Å²) in [5, 5.41) is 17.1. The smallest absolute Gasteiger partial charge is 0.326 e. The molecule has 1 amide bonds. The Kier molecular flexibility index (Phi) is 2.66.